The standard InChI is InChI=1S/C12H13ClN2O2/c13-6-1-2-10(16)7(3-6)12(17)15-11-8-4-14-5-9(8)11/h1-3,8-9,11,14,16H,4-5H2,(H,15,17). The Labute approximate surface area is 104 Å². The Morgan fingerprint density at radius 2 is 2.12 bits per heavy atom. The molecule has 1 aromatic carbocycles. The van der Waals surface area contributed by atoms with Gasteiger partial charge < -0.3 is 15.7 Å². The van der Waals surface area contributed by atoms with Gasteiger partial charge in [-0.1, -0.05) is 11.6 Å². The molecule has 17 heavy (non-hydrogen) atoms. The summed E-state index contributed by atoms with van der Waals surface area (Å²) >= 11 is 5.81. The highest BCUT2D eigenvalue weighted by atomic mass is 35.5. The van der Waals surface area contributed by atoms with Crippen molar-refractivity contribution in [2.24, 2.45) is 11.8 Å². The summed E-state index contributed by atoms with van der Waals surface area (Å²) in [7, 11) is 0. The molecule has 0 radical (unpaired) electrons. The average Bonchev–Trinajstić information content (AvgIpc) is 2.76. The molecule has 2 atom stereocenters. The normalized spacial score (nSPS) is 29.8. The van der Waals surface area contributed by atoms with Gasteiger partial charge in [0.2, 0.25) is 0 Å². The fourth-order valence-corrected chi connectivity index (χ4v) is 2.72. The minimum absolute atomic E-state index is 0.0316. The Kier molecular flexibility index (Phi) is 2.49. The van der Waals surface area contributed by atoms with Crippen LogP contribution in [-0.4, -0.2) is 30.1 Å². The van der Waals surface area contributed by atoms with Gasteiger partial charge in [0.25, 0.3) is 5.91 Å². The molecule has 3 rings (SSSR count). The van der Waals surface area contributed by atoms with Gasteiger partial charge in [0.05, 0.1) is 5.56 Å². The number of phenols is 1. The summed E-state index contributed by atoms with van der Waals surface area (Å²) in [5.74, 6) is 0.834. The molecule has 90 valence electrons. The number of rotatable bonds is 2. The second kappa shape index (κ2) is 3.89. The van der Waals surface area contributed by atoms with E-state index in [0.29, 0.717) is 16.9 Å². The van der Waals surface area contributed by atoms with Crippen LogP contribution < -0.4 is 10.6 Å². The molecule has 5 heteroatoms. The third kappa shape index (κ3) is 1.87. The number of halogens is 1. The molecule has 1 saturated heterocycles. The second-order valence-electron chi connectivity index (χ2n) is 4.65. The maximum absolute atomic E-state index is 11.9. The lowest BCUT2D eigenvalue weighted by molar-refractivity contribution is 0.0944. The van der Waals surface area contributed by atoms with Crippen LogP contribution in [0.2, 0.25) is 5.02 Å². The van der Waals surface area contributed by atoms with E-state index in [1.165, 1.54) is 12.1 Å². The van der Waals surface area contributed by atoms with Crippen molar-refractivity contribution in [3.05, 3.63) is 28.8 Å². The van der Waals surface area contributed by atoms with E-state index in [0.717, 1.165) is 13.1 Å². The summed E-state index contributed by atoms with van der Waals surface area (Å²) in [6, 6.07) is 4.74. The highest BCUT2D eigenvalue weighted by Crippen LogP contribution is 2.41. The monoisotopic (exact) mass is 252 g/mol. The summed E-state index contributed by atoms with van der Waals surface area (Å²) in [4.78, 5) is 11.9. The number of hydrogen-bond donors (Lipinski definition) is 3. The van der Waals surface area contributed by atoms with Crippen LogP contribution in [0.5, 0.6) is 5.75 Å². The van der Waals surface area contributed by atoms with Crippen molar-refractivity contribution in [1.29, 1.82) is 0 Å². The number of aromatic hydroxyl groups is 1. The van der Waals surface area contributed by atoms with Gasteiger partial charge in [-0.15, -0.1) is 0 Å². The third-order valence-electron chi connectivity index (χ3n) is 3.59. The van der Waals surface area contributed by atoms with E-state index in [-0.39, 0.29) is 23.3 Å². The highest BCUT2D eigenvalue weighted by Gasteiger charge is 2.53. The Hall–Kier alpha value is -1.26. The predicted octanol–water partition coefficient (Wildman–Crippen LogP) is 0.993. The smallest absolute Gasteiger partial charge is 0.255 e. The van der Waals surface area contributed by atoms with Crippen LogP contribution in [0.4, 0.5) is 0 Å². The van der Waals surface area contributed by atoms with Gasteiger partial charge in [-0.25, -0.2) is 0 Å². The maximum atomic E-state index is 11.9. The number of phenolic OH excluding ortho intramolecular Hbond substituents is 1. The average molecular weight is 253 g/mol. The molecule has 1 saturated carbocycles. The number of benzene rings is 1. The number of carbonyl (C=O) groups excluding carboxylic acids is 1. The van der Waals surface area contributed by atoms with Gasteiger partial charge in [-0.2, -0.15) is 0 Å². The van der Waals surface area contributed by atoms with Crippen LogP contribution in [0.3, 0.4) is 0 Å². The summed E-state index contributed by atoms with van der Waals surface area (Å²) in [5, 5.41) is 16.3. The van der Waals surface area contributed by atoms with E-state index in [1.54, 1.807) is 6.07 Å². The van der Waals surface area contributed by atoms with Gasteiger partial charge >= 0.3 is 0 Å². The maximum Gasteiger partial charge on any atom is 0.255 e. The Morgan fingerprint density at radius 3 is 2.82 bits per heavy atom. The van der Waals surface area contributed by atoms with E-state index >= 15 is 0 Å². The SMILES string of the molecule is O=C(NC1C2CNCC21)c1cc(Cl)ccc1O. The van der Waals surface area contributed by atoms with Crippen molar-refractivity contribution in [3.63, 3.8) is 0 Å². The molecule has 1 aliphatic heterocycles. The van der Waals surface area contributed by atoms with Crippen molar-refractivity contribution >= 4 is 17.5 Å². The lowest BCUT2D eigenvalue weighted by Crippen LogP contribution is -2.32. The highest BCUT2D eigenvalue weighted by molar-refractivity contribution is 6.31. The van der Waals surface area contributed by atoms with Crippen LogP contribution in [0, 0.1) is 11.8 Å². The van der Waals surface area contributed by atoms with Gasteiger partial charge in [0, 0.05) is 24.2 Å². The van der Waals surface area contributed by atoms with Crippen LogP contribution in [0.15, 0.2) is 18.2 Å². The molecule has 1 aliphatic carbocycles. The van der Waals surface area contributed by atoms with Crippen molar-refractivity contribution in [2.75, 3.05) is 13.1 Å². The zero-order valence-electron chi connectivity index (χ0n) is 9.11. The Bertz CT molecular complexity index is 468. The topological polar surface area (TPSA) is 61.4 Å². The molecule has 1 amide bonds. The molecule has 1 aromatic rings. The van der Waals surface area contributed by atoms with Gasteiger partial charge in [0.1, 0.15) is 5.75 Å². The fraction of sp³-hybridized carbons (Fsp3) is 0.417. The summed E-state index contributed by atoms with van der Waals surface area (Å²) in [6.07, 6.45) is 0. The number of piperidine rings is 1. The first-order chi connectivity index (χ1) is 8.16. The molecule has 0 aromatic heterocycles. The number of carbonyl (C=O) groups is 1. The lowest BCUT2D eigenvalue weighted by atomic mass is 10.2. The molecule has 1 heterocycles. The lowest BCUT2D eigenvalue weighted by Gasteiger charge is -2.09. The molecular formula is C12H13ClN2O2. The van der Waals surface area contributed by atoms with E-state index in [2.05, 4.69) is 10.6 Å². The first-order valence-electron chi connectivity index (χ1n) is 5.67. The number of amides is 1. The van der Waals surface area contributed by atoms with Crippen LogP contribution in [0.25, 0.3) is 0 Å². The molecule has 2 aliphatic rings. The quantitative estimate of drug-likeness (QED) is 0.736. The summed E-state index contributed by atoms with van der Waals surface area (Å²) in [6.45, 7) is 1.94. The van der Waals surface area contributed by atoms with Crippen molar-refractivity contribution in [3.8, 4) is 5.75 Å². The van der Waals surface area contributed by atoms with Crippen molar-refractivity contribution in [1.82, 2.24) is 10.6 Å². The minimum Gasteiger partial charge on any atom is -0.507 e. The van der Waals surface area contributed by atoms with Gasteiger partial charge in [0.15, 0.2) is 0 Å². The molecule has 4 nitrogen and oxygen atoms in total. The third-order valence-corrected chi connectivity index (χ3v) is 3.83. The second-order valence-corrected chi connectivity index (χ2v) is 5.08. The largest absolute Gasteiger partial charge is 0.507 e. The van der Waals surface area contributed by atoms with Crippen LogP contribution in [0.1, 0.15) is 10.4 Å². The van der Waals surface area contributed by atoms with E-state index in [1.807, 2.05) is 0 Å². The van der Waals surface area contributed by atoms with Gasteiger partial charge in [-0.05, 0) is 30.0 Å². The van der Waals surface area contributed by atoms with Crippen LogP contribution in [-0.2, 0) is 0 Å². The van der Waals surface area contributed by atoms with Crippen LogP contribution >= 0.6 is 11.6 Å². The van der Waals surface area contributed by atoms with E-state index in [9.17, 15) is 9.90 Å². The van der Waals surface area contributed by atoms with Crippen molar-refractivity contribution in [2.45, 2.75) is 6.04 Å². The zero-order chi connectivity index (χ0) is 12.0. The summed E-state index contributed by atoms with van der Waals surface area (Å²) in [5.41, 5.74) is 0.246. The first kappa shape index (κ1) is 10.9. The van der Waals surface area contributed by atoms with E-state index < -0.39 is 0 Å². The molecule has 0 bridgehead atoms. The first-order valence-corrected chi connectivity index (χ1v) is 6.04. The molecule has 2 unspecified atom stereocenters. The molecule has 0 spiro atoms. The molecule has 3 N–H and O–H groups in total. The molecule has 2 fully saturated rings. The minimum atomic E-state index is -0.246. The van der Waals surface area contributed by atoms with Gasteiger partial charge in [-0.3, -0.25) is 4.79 Å². The zero-order valence-corrected chi connectivity index (χ0v) is 9.87. The Balaban J connectivity index is 1.72. The van der Waals surface area contributed by atoms with Crippen molar-refractivity contribution < 1.29 is 9.90 Å². The van der Waals surface area contributed by atoms with E-state index in [4.69, 9.17) is 11.6 Å². The Morgan fingerprint density at radius 1 is 1.41 bits per heavy atom. The number of fused-ring (bicyclic) bond motifs is 1. The molecular weight excluding hydrogens is 240 g/mol. The number of hydrogen-bond acceptors (Lipinski definition) is 3. The number of nitrogens with one attached hydrogen (secondary N) is 2. The summed E-state index contributed by atoms with van der Waals surface area (Å²) < 4.78 is 0. The predicted molar refractivity (Wildman–Crippen MR) is 64.2 cm³/mol. The fourth-order valence-electron chi connectivity index (χ4n) is 2.55.